The summed E-state index contributed by atoms with van der Waals surface area (Å²) in [5.74, 6) is 0.706. The lowest BCUT2D eigenvalue weighted by Crippen LogP contribution is -2.39. The van der Waals surface area contributed by atoms with Gasteiger partial charge in [-0.3, -0.25) is 0 Å². The summed E-state index contributed by atoms with van der Waals surface area (Å²) in [7, 11) is 2.18. The highest BCUT2D eigenvalue weighted by Crippen LogP contribution is 2.17. The number of hydrogen-bond donors (Lipinski definition) is 1. The molecule has 0 radical (unpaired) electrons. The van der Waals surface area contributed by atoms with Crippen molar-refractivity contribution in [2.24, 2.45) is 11.3 Å². The molecular weight excluding hydrogens is 268 g/mol. The molecule has 0 heterocycles. The van der Waals surface area contributed by atoms with Crippen molar-refractivity contribution in [3.05, 3.63) is 34.9 Å². The second kappa shape index (κ2) is 8.02. The maximum absolute atomic E-state index is 5.92. The van der Waals surface area contributed by atoms with E-state index in [4.69, 9.17) is 11.6 Å². The fourth-order valence-corrected chi connectivity index (χ4v) is 2.57. The second-order valence-corrected chi connectivity index (χ2v) is 7.42. The fourth-order valence-electron chi connectivity index (χ4n) is 2.44. The Morgan fingerprint density at radius 3 is 2.35 bits per heavy atom. The van der Waals surface area contributed by atoms with Gasteiger partial charge in [-0.05, 0) is 42.6 Å². The Hall–Kier alpha value is -0.570. The van der Waals surface area contributed by atoms with E-state index in [1.54, 1.807) is 0 Å². The van der Waals surface area contributed by atoms with Gasteiger partial charge in [-0.1, -0.05) is 51.4 Å². The van der Waals surface area contributed by atoms with Crippen molar-refractivity contribution in [2.45, 2.75) is 34.2 Å². The molecule has 114 valence electrons. The summed E-state index contributed by atoms with van der Waals surface area (Å²) in [4.78, 5) is 2.38. The van der Waals surface area contributed by atoms with Gasteiger partial charge in [0.2, 0.25) is 0 Å². The largest absolute Gasteiger partial charge is 0.316 e. The van der Waals surface area contributed by atoms with Gasteiger partial charge in [0, 0.05) is 24.7 Å². The number of hydrogen-bond acceptors (Lipinski definition) is 2. The minimum absolute atomic E-state index is 0.274. The van der Waals surface area contributed by atoms with Crippen molar-refractivity contribution in [1.29, 1.82) is 0 Å². The van der Waals surface area contributed by atoms with Crippen LogP contribution in [0.4, 0.5) is 0 Å². The van der Waals surface area contributed by atoms with Crippen LogP contribution in [0.15, 0.2) is 24.3 Å². The Morgan fingerprint density at radius 1 is 1.20 bits per heavy atom. The van der Waals surface area contributed by atoms with Crippen molar-refractivity contribution in [3.8, 4) is 0 Å². The average molecular weight is 297 g/mol. The first kappa shape index (κ1) is 17.5. The van der Waals surface area contributed by atoms with Crippen LogP contribution in [0.5, 0.6) is 0 Å². The van der Waals surface area contributed by atoms with Crippen molar-refractivity contribution >= 4 is 11.6 Å². The predicted molar refractivity (Wildman–Crippen MR) is 89.3 cm³/mol. The molecule has 2 nitrogen and oxygen atoms in total. The molecule has 0 atom stereocenters. The standard InChI is InChI=1S/C17H29ClN2/c1-14(2)10-19-12-17(3,4)13-20(5)11-15-6-8-16(18)9-7-15/h6-9,14,19H,10-13H2,1-5H3. The monoisotopic (exact) mass is 296 g/mol. The van der Waals surface area contributed by atoms with Crippen molar-refractivity contribution in [3.63, 3.8) is 0 Å². The molecule has 3 heteroatoms. The van der Waals surface area contributed by atoms with Crippen LogP contribution in [0, 0.1) is 11.3 Å². The zero-order chi connectivity index (χ0) is 15.2. The van der Waals surface area contributed by atoms with Crippen LogP contribution < -0.4 is 5.32 Å². The third-order valence-corrected chi connectivity index (χ3v) is 3.47. The molecule has 1 aromatic carbocycles. The summed E-state index contributed by atoms with van der Waals surface area (Å²) in [6.45, 7) is 13.3. The molecule has 0 saturated heterocycles. The maximum atomic E-state index is 5.92. The van der Waals surface area contributed by atoms with Crippen LogP contribution in [0.25, 0.3) is 0 Å². The van der Waals surface area contributed by atoms with E-state index in [0.29, 0.717) is 5.92 Å². The van der Waals surface area contributed by atoms with Crippen LogP contribution in [-0.4, -0.2) is 31.6 Å². The molecule has 0 aromatic heterocycles. The van der Waals surface area contributed by atoms with E-state index in [0.717, 1.165) is 31.2 Å². The Labute approximate surface area is 129 Å². The minimum Gasteiger partial charge on any atom is -0.316 e. The lowest BCUT2D eigenvalue weighted by molar-refractivity contribution is 0.197. The zero-order valence-electron chi connectivity index (χ0n) is 13.5. The molecule has 0 aliphatic rings. The molecule has 0 saturated carbocycles. The van der Waals surface area contributed by atoms with Gasteiger partial charge in [0.05, 0.1) is 0 Å². The van der Waals surface area contributed by atoms with Gasteiger partial charge in [-0.15, -0.1) is 0 Å². The van der Waals surface area contributed by atoms with Gasteiger partial charge < -0.3 is 10.2 Å². The van der Waals surface area contributed by atoms with E-state index in [2.05, 4.69) is 57.1 Å². The predicted octanol–water partition coefficient (Wildman–Crippen LogP) is 4.04. The van der Waals surface area contributed by atoms with Gasteiger partial charge >= 0.3 is 0 Å². The normalized spacial score (nSPS) is 12.4. The SMILES string of the molecule is CC(C)CNCC(C)(C)CN(C)Cc1ccc(Cl)cc1. The number of nitrogens with one attached hydrogen (secondary N) is 1. The van der Waals surface area contributed by atoms with E-state index < -0.39 is 0 Å². The average Bonchev–Trinajstić information content (AvgIpc) is 2.30. The topological polar surface area (TPSA) is 15.3 Å². The quantitative estimate of drug-likeness (QED) is 0.779. The number of nitrogens with zero attached hydrogens (tertiary/aromatic N) is 1. The van der Waals surface area contributed by atoms with E-state index in [1.165, 1.54) is 5.56 Å². The molecule has 0 amide bonds. The zero-order valence-corrected chi connectivity index (χ0v) is 14.3. The summed E-state index contributed by atoms with van der Waals surface area (Å²) in [5.41, 5.74) is 1.58. The first-order chi connectivity index (χ1) is 9.28. The van der Waals surface area contributed by atoms with Gasteiger partial charge in [0.15, 0.2) is 0 Å². The molecule has 0 fully saturated rings. The lowest BCUT2D eigenvalue weighted by atomic mass is 9.92. The van der Waals surface area contributed by atoms with Crippen LogP contribution in [0.2, 0.25) is 5.02 Å². The molecular formula is C17H29ClN2. The maximum Gasteiger partial charge on any atom is 0.0406 e. The second-order valence-electron chi connectivity index (χ2n) is 6.99. The molecule has 0 aliphatic heterocycles. The number of rotatable bonds is 8. The smallest absolute Gasteiger partial charge is 0.0406 e. The van der Waals surface area contributed by atoms with Crippen LogP contribution in [0.3, 0.4) is 0 Å². The van der Waals surface area contributed by atoms with Crippen LogP contribution >= 0.6 is 11.6 Å². The highest BCUT2D eigenvalue weighted by Gasteiger charge is 2.19. The number of benzene rings is 1. The third-order valence-electron chi connectivity index (χ3n) is 3.22. The Balaban J connectivity index is 2.39. The van der Waals surface area contributed by atoms with Crippen LogP contribution in [-0.2, 0) is 6.54 Å². The molecule has 1 N–H and O–H groups in total. The summed E-state index contributed by atoms with van der Waals surface area (Å²) in [6.07, 6.45) is 0. The number of halogens is 1. The fraction of sp³-hybridized carbons (Fsp3) is 0.647. The molecule has 1 rings (SSSR count). The molecule has 0 aliphatic carbocycles. The Kier molecular flexibility index (Phi) is 7.01. The molecule has 0 bridgehead atoms. The van der Waals surface area contributed by atoms with Gasteiger partial charge in [-0.25, -0.2) is 0 Å². The van der Waals surface area contributed by atoms with Gasteiger partial charge in [-0.2, -0.15) is 0 Å². The summed E-state index contributed by atoms with van der Waals surface area (Å²) in [5, 5.41) is 4.36. The van der Waals surface area contributed by atoms with E-state index in [-0.39, 0.29) is 5.41 Å². The molecule has 1 aromatic rings. The Morgan fingerprint density at radius 2 is 1.80 bits per heavy atom. The molecule has 0 unspecified atom stereocenters. The van der Waals surface area contributed by atoms with Crippen molar-refractivity contribution in [1.82, 2.24) is 10.2 Å². The van der Waals surface area contributed by atoms with Gasteiger partial charge in [0.25, 0.3) is 0 Å². The molecule has 0 spiro atoms. The summed E-state index contributed by atoms with van der Waals surface area (Å²) >= 11 is 5.92. The van der Waals surface area contributed by atoms with Gasteiger partial charge in [0.1, 0.15) is 0 Å². The third kappa shape index (κ3) is 7.28. The highest BCUT2D eigenvalue weighted by atomic mass is 35.5. The lowest BCUT2D eigenvalue weighted by Gasteiger charge is -2.31. The Bertz CT molecular complexity index is 384. The first-order valence-electron chi connectivity index (χ1n) is 7.42. The summed E-state index contributed by atoms with van der Waals surface area (Å²) < 4.78 is 0. The van der Waals surface area contributed by atoms with E-state index in [1.807, 2.05) is 12.1 Å². The minimum atomic E-state index is 0.274. The van der Waals surface area contributed by atoms with E-state index >= 15 is 0 Å². The first-order valence-corrected chi connectivity index (χ1v) is 7.80. The molecule has 20 heavy (non-hydrogen) atoms. The van der Waals surface area contributed by atoms with Crippen molar-refractivity contribution < 1.29 is 0 Å². The van der Waals surface area contributed by atoms with Crippen molar-refractivity contribution in [2.75, 3.05) is 26.7 Å². The van der Waals surface area contributed by atoms with E-state index in [9.17, 15) is 0 Å². The highest BCUT2D eigenvalue weighted by molar-refractivity contribution is 6.30. The summed E-state index contributed by atoms with van der Waals surface area (Å²) in [6, 6.07) is 8.12. The van der Waals surface area contributed by atoms with Crippen LogP contribution in [0.1, 0.15) is 33.3 Å².